The molecule has 0 unspecified atom stereocenters. The lowest BCUT2D eigenvalue weighted by molar-refractivity contribution is 0.158. The Morgan fingerprint density at radius 3 is 2.00 bits per heavy atom. The van der Waals surface area contributed by atoms with E-state index in [4.69, 9.17) is 0 Å². The molecule has 0 aliphatic carbocycles. The summed E-state index contributed by atoms with van der Waals surface area (Å²) in [5.74, 6) is 0.796. The van der Waals surface area contributed by atoms with Gasteiger partial charge in [-0.05, 0) is 59.5 Å². The molecule has 1 fully saturated rings. The molecule has 1 aliphatic heterocycles. The van der Waals surface area contributed by atoms with Gasteiger partial charge in [0.1, 0.15) is 0 Å². The molecule has 0 aromatic carbocycles. The average molecular weight is 284 g/mol. The van der Waals surface area contributed by atoms with E-state index < -0.39 is 0 Å². The van der Waals surface area contributed by atoms with E-state index in [0.29, 0.717) is 12.1 Å². The zero-order valence-electron chi connectivity index (χ0n) is 14.7. The fourth-order valence-electron chi connectivity index (χ4n) is 3.35. The molecular weight excluding hydrogens is 246 g/mol. The van der Waals surface area contributed by atoms with Crippen LogP contribution in [0.2, 0.25) is 0 Å². The van der Waals surface area contributed by atoms with E-state index in [1.54, 1.807) is 0 Å². The summed E-state index contributed by atoms with van der Waals surface area (Å²) in [6.07, 6.45) is 2.63. The minimum atomic E-state index is 0.643. The van der Waals surface area contributed by atoms with Gasteiger partial charge in [-0.25, -0.2) is 0 Å². The van der Waals surface area contributed by atoms with Crippen molar-refractivity contribution >= 4 is 0 Å². The quantitative estimate of drug-likeness (QED) is 0.739. The van der Waals surface area contributed by atoms with Crippen molar-refractivity contribution in [3.05, 3.63) is 0 Å². The summed E-state index contributed by atoms with van der Waals surface area (Å²) in [7, 11) is 0. The first kappa shape index (κ1) is 17.9. The number of hydrogen-bond donors (Lipinski definition) is 1. The summed E-state index contributed by atoms with van der Waals surface area (Å²) in [6.45, 7) is 19.9. The van der Waals surface area contributed by atoms with Gasteiger partial charge < -0.3 is 10.2 Å². The fourth-order valence-corrected chi connectivity index (χ4v) is 3.35. The lowest BCUT2D eigenvalue weighted by atomic mass is 10.0. The lowest BCUT2D eigenvalue weighted by Gasteiger charge is -2.35. The van der Waals surface area contributed by atoms with Crippen LogP contribution in [0.25, 0.3) is 0 Å². The van der Waals surface area contributed by atoms with Gasteiger partial charge in [-0.1, -0.05) is 13.8 Å². The molecule has 3 nitrogen and oxygen atoms in total. The predicted octanol–water partition coefficient (Wildman–Crippen LogP) is 2.82. The number of likely N-dealkylation sites (tertiary alicyclic amines) is 1. The zero-order chi connectivity index (χ0) is 15.1. The van der Waals surface area contributed by atoms with Crippen LogP contribution in [0.3, 0.4) is 0 Å². The summed E-state index contributed by atoms with van der Waals surface area (Å²) in [5, 5.41) is 3.77. The van der Waals surface area contributed by atoms with Crippen molar-refractivity contribution in [2.24, 2.45) is 5.92 Å². The second-order valence-electron chi connectivity index (χ2n) is 7.35. The van der Waals surface area contributed by atoms with Crippen molar-refractivity contribution < 1.29 is 0 Å². The Balaban J connectivity index is 2.18. The third-order valence-corrected chi connectivity index (χ3v) is 4.34. The highest BCUT2D eigenvalue weighted by Gasteiger charge is 2.19. The van der Waals surface area contributed by atoms with E-state index in [2.05, 4.69) is 56.7 Å². The first-order valence-electron chi connectivity index (χ1n) is 8.61. The van der Waals surface area contributed by atoms with Gasteiger partial charge in [0, 0.05) is 37.8 Å². The van der Waals surface area contributed by atoms with E-state index in [0.717, 1.165) is 18.5 Å². The van der Waals surface area contributed by atoms with Gasteiger partial charge in [0.25, 0.3) is 0 Å². The number of nitrogens with zero attached hydrogens (tertiary/aromatic N) is 2. The highest BCUT2D eigenvalue weighted by atomic mass is 15.2. The SMILES string of the molecule is CC(C)CN1CCC(NCCN(C(C)C)C(C)C)CC1. The predicted molar refractivity (Wildman–Crippen MR) is 89.3 cm³/mol. The van der Waals surface area contributed by atoms with Gasteiger partial charge in [-0.15, -0.1) is 0 Å². The zero-order valence-corrected chi connectivity index (χ0v) is 14.7. The average Bonchev–Trinajstić information content (AvgIpc) is 2.35. The van der Waals surface area contributed by atoms with Crippen LogP contribution >= 0.6 is 0 Å². The van der Waals surface area contributed by atoms with Gasteiger partial charge in [-0.2, -0.15) is 0 Å². The lowest BCUT2D eigenvalue weighted by Crippen LogP contribution is -2.47. The molecule has 1 aliphatic rings. The van der Waals surface area contributed by atoms with Gasteiger partial charge in [0.05, 0.1) is 0 Å². The smallest absolute Gasteiger partial charge is 0.0112 e. The molecule has 1 heterocycles. The van der Waals surface area contributed by atoms with Crippen LogP contribution in [-0.4, -0.2) is 60.6 Å². The molecule has 0 atom stereocenters. The first-order chi connectivity index (χ1) is 9.40. The van der Waals surface area contributed by atoms with Crippen LogP contribution in [0.15, 0.2) is 0 Å². The Hall–Kier alpha value is -0.120. The summed E-state index contributed by atoms with van der Waals surface area (Å²) in [6, 6.07) is 2.02. The molecule has 1 rings (SSSR count). The van der Waals surface area contributed by atoms with Crippen molar-refractivity contribution in [3.63, 3.8) is 0 Å². The molecule has 20 heavy (non-hydrogen) atoms. The maximum absolute atomic E-state index is 3.77. The Kier molecular flexibility index (Phi) is 8.08. The first-order valence-corrected chi connectivity index (χ1v) is 8.61. The van der Waals surface area contributed by atoms with E-state index in [1.165, 1.54) is 39.0 Å². The molecule has 0 aromatic rings. The van der Waals surface area contributed by atoms with Crippen molar-refractivity contribution in [1.29, 1.82) is 0 Å². The van der Waals surface area contributed by atoms with Crippen molar-refractivity contribution in [3.8, 4) is 0 Å². The van der Waals surface area contributed by atoms with E-state index >= 15 is 0 Å². The Labute approximate surface area is 127 Å². The normalized spacial score (nSPS) is 18.9. The van der Waals surface area contributed by atoms with Gasteiger partial charge in [-0.3, -0.25) is 4.90 Å². The van der Waals surface area contributed by atoms with Gasteiger partial charge in [0.15, 0.2) is 0 Å². The molecule has 1 N–H and O–H groups in total. The second kappa shape index (κ2) is 9.01. The second-order valence-corrected chi connectivity index (χ2v) is 7.35. The van der Waals surface area contributed by atoms with Crippen molar-refractivity contribution in [2.75, 3.05) is 32.7 Å². The summed E-state index contributed by atoms with van der Waals surface area (Å²) in [5.41, 5.74) is 0. The number of nitrogens with one attached hydrogen (secondary N) is 1. The molecule has 0 saturated carbocycles. The monoisotopic (exact) mass is 283 g/mol. The number of piperidine rings is 1. The molecule has 3 heteroatoms. The standard InChI is InChI=1S/C17H37N3/c1-14(2)13-19-10-7-17(8-11-19)18-9-12-20(15(3)4)16(5)6/h14-18H,7-13H2,1-6H3. The molecule has 120 valence electrons. The van der Waals surface area contributed by atoms with Crippen molar-refractivity contribution in [2.45, 2.75) is 72.5 Å². The minimum absolute atomic E-state index is 0.643. The minimum Gasteiger partial charge on any atom is -0.313 e. The third kappa shape index (κ3) is 6.55. The van der Waals surface area contributed by atoms with Crippen LogP contribution in [0.4, 0.5) is 0 Å². The maximum Gasteiger partial charge on any atom is 0.0112 e. The van der Waals surface area contributed by atoms with Crippen molar-refractivity contribution in [1.82, 2.24) is 15.1 Å². The number of rotatable bonds is 8. The Morgan fingerprint density at radius 2 is 1.55 bits per heavy atom. The van der Waals surface area contributed by atoms with Crippen LogP contribution in [0.5, 0.6) is 0 Å². The Bertz CT molecular complexity index is 235. The van der Waals surface area contributed by atoms with Gasteiger partial charge >= 0.3 is 0 Å². The summed E-state index contributed by atoms with van der Waals surface area (Å²) in [4.78, 5) is 5.19. The Morgan fingerprint density at radius 1 is 1.00 bits per heavy atom. The van der Waals surface area contributed by atoms with Crippen LogP contribution < -0.4 is 5.32 Å². The molecule has 0 radical (unpaired) electrons. The van der Waals surface area contributed by atoms with Crippen LogP contribution in [0.1, 0.15) is 54.4 Å². The van der Waals surface area contributed by atoms with E-state index in [-0.39, 0.29) is 0 Å². The fraction of sp³-hybridized carbons (Fsp3) is 1.00. The third-order valence-electron chi connectivity index (χ3n) is 4.34. The summed E-state index contributed by atoms with van der Waals surface area (Å²) < 4.78 is 0. The largest absolute Gasteiger partial charge is 0.313 e. The van der Waals surface area contributed by atoms with E-state index in [1.807, 2.05) is 0 Å². The molecule has 0 aromatic heterocycles. The topological polar surface area (TPSA) is 18.5 Å². The van der Waals surface area contributed by atoms with Gasteiger partial charge in [0.2, 0.25) is 0 Å². The van der Waals surface area contributed by atoms with E-state index in [9.17, 15) is 0 Å². The molecule has 0 amide bonds. The van der Waals surface area contributed by atoms with Crippen LogP contribution in [0, 0.1) is 5.92 Å². The molecule has 0 bridgehead atoms. The van der Waals surface area contributed by atoms with Crippen LogP contribution in [-0.2, 0) is 0 Å². The highest BCUT2D eigenvalue weighted by Crippen LogP contribution is 2.12. The molecule has 0 spiro atoms. The molecular formula is C17H37N3. The maximum atomic E-state index is 3.77. The summed E-state index contributed by atoms with van der Waals surface area (Å²) >= 11 is 0. The highest BCUT2D eigenvalue weighted by molar-refractivity contribution is 4.78. The molecule has 1 saturated heterocycles. The number of hydrogen-bond acceptors (Lipinski definition) is 3.